The van der Waals surface area contributed by atoms with E-state index in [2.05, 4.69) is 15.2 Å². The standard InChI is InChI=1S/C22H23F2N5O2/c23-18-9-15(14-29-5-7-31-8-6-29)1-3-20(18)28-21(30)4-2-16-12-27-13-19(24)22(16)17(10-25)11-26/h1-4,9-13,25H,5-8,14,26H2,(H,28,30)/b4-2+,17-11+,25-10?. The van der Waals surface area contributed by atoms with Crippen molar-refractivity contribution in [2.45, 2.75) is 6.54 Å². The van der Waals surface area contributed by atoms with Crippen molar-refractivity contribution in [1.82, 2.24) is 9.88 Å². The average Bonchev–Trinajstić information content (AvgIpc) is 2.77. The second-order valence-electron chi connectivity index (χ2n) is 6.88. The van der Waals surface area contributed by atoms with Crippen LogP contribution in [0.4, 0.5) is 14.5 Å². The number of allylic oxidation sites excluding steroid dienone is 1. The van der Waals surface area contributed by atoms with Gasteiger partial charge in [0.25, 0.3) is 0 Å². The number of ether oxygens (including phenoxy) is 1. The van der Waals surface area contributed by atoms with Crippen LogP contribution in [-0.2, 0) is 16.1 Å². The summed E-state index contributed by atoms with van der Waals surface area (Å²) in [4.78, 5) is 18.2. The van der Waals surface area contributed by atoms with E-state index in [1.165, 1.54) is 24.4 Å². The first-order valence-electron chi connectivity index (χ1n) is 9.65. The molecule has 0 unspecified atom stereocenters. The predicted octanol–water partition coefficient (Wildman–Crippen LogP) is 2.79. The van der Waals surface area contributed by atoms with E-state index in [1.54, 1.807) is 6.07 Å². The lowest BCUT2D eigenvalue weighted by Gasteiger charge is -2.26. The number of amides is 1. The zero-order valence-corrected chi connectivity index (χ0v) is 16.8. The summed E-state index contributed by atoms with van der Waals surface area (Å²) >= 11 is 0. The minimum absolute atomic E-state index is 0.0417. The number of benzene rings is 1. The number of aromatic nitrogens is 1. The van der Waals surface area contributed by atoms with E-state index in [0.717, 1.165) is 43.3 Å². The molecule has 1 aliphatic rings. The van der Waals surface area contributed by atoms with Crippen LogP contribution in [0.1, 0.15) is 16.7 Å². The molecule has 1 fully saturated rings. The first-order valence-corrected chi connectivity index (χ1v) is 9.65. The highest BCUT2D eigenvalue weighted by molar-refractivity contribution is 6.10. The number of nitrogens with one attached hydrogen (secondary N) is 2. The van der Waals surface area contributed by atoms with Crippen LogP contribution in [0.2, 0.25) is 0 Å². The van der Waals surface area contributed by atoms with Crippen LogP contribution in [0.5, 0.6) is 0 Å². The lowest BCUT2D eigenvalue weighted by molar-refractivity contribution is -0.111. The van der Waals surface area contributed by atoms with Crippen molar-refractivity contribution in [2.24, 2.45) is 5.73 Å². The summed E-state index contributed by atoms with van der Waals surface area (Å²) in [6.07, 6.45) is 6.81. The number of hydrogen-bond acceptors (Lipinski definition) is 6. The highest BCUT2D eigenvalue weighted by atomic mass is 19.1. The van der Waals surface area contributed by atoms with E-state index in [1.807, 2.05) is 0 Å². The van der Waals surface area contributed by atoms with Gasteiger partial charge in [-0.15, -0.1) is 0 Å². The summed E-state index contributed by atoms with van der Waals surface area (Å²) in [6, 6.07) is 4.66. The summed E-state index contributed by atoms with van der Waals surface area (Å²) < 4.78 is 33.9. The molecular formula is C22H23F2N5O2. The van der Waals surface area contributed by atoms with Gasteiger partial charge in [-0.3, -0.25) is 14.7 Å². The summed E-state index contributed by atoms with van der Waals surface area (Å²) in [6.45, 7) is 3.51. The molecule has 0 bridgehead atoms. The fourth-order valence-electron chi connectivity index (χ4n) is 3.20. The maximum atomic E-state index is 14.5. The van der Waals surface area contributed by atoms with Gasteiger partial charge in [-0.2, -0.15) is 0 Å². The average molecular weight is 427 g/mol. The van der Waals surface area contributed by atoms with Crippen molar-refractivity contribution in [2.75, 3.05) is 31.6 Å². The molecular weight excluding hydrogens is 404 g/mol. The smallest absolute Gasteiger partial charge is 0.248 e. The Labute approximate surface area is 178 Å². The zero-order valence-electron chi connectivity index (χ0n) is 16.8. The molecule has 9 heteroatoms. The number of carbonyl (C=O) groups is 1. The Kier molecular flexibility index (Phi) is 7.58. The minimum Gasteiger partial charge on any atom is -0.404 e. The van der Waals surface area contributed by atoms with E-state index in [9.17, 15) is 13.6 Å². The number of halogens is 2. The number of anilines is 1. The van der Waals surface area contributed by atoms with E-state index in [-0.39, 0.29) is 22.4 Å². The van der Waals surface area contributed by atoms with Crippen molar-refractivity contribution in [3.8, 4) is 0 Å². The number of pyridine rings is 1. The summed E-state index contributed by atoms with van der Waals surface area (Å²) in [5, 5.41) is 9.83. The first kappa shape index (κ1) is 22.3. The van der Waals surface area contributed by atoms with Crippen LogP contribution in [0.15, 0.2) is 42.9 Å². The van der Waals surface area contributed by atoms with Crippen LogP contribution in [0.3, 0.4) is 0 Å². The van der Waals surface area contributed by atoms with Gasteiger partial charge in [0.15, 0.2) is 0 Å². The van der Waals surface area contributed by atoms with Crippen LogP contribution in [-0.4, -0.2) is 48.3 Å². The van der Waals surface area contributed by atoms with Gasteiger partial charge in [0.1, 0.15) is 11.6 Å². The van der Waals surface area contributed by atoms with Crippen molar-refractivity contribution in [3.05, 3.63) is 71.2 Å². The molecule has 0 saturated carbocycles. The molecule has 0 radical (unpaired) electrons. The first-order chi connectivity index (χ1) is 15.0. The van der Waals surface area contributed by atoms with E-state index in [4.69, 9.17) is 15.9 Å². The molecule has 3 rings (SSSR count). The van der Waals surface area contributed by atoms with Gasteiger partial charge in [-0.1, -0.05) is 6.07 Å². The molecule has 31 heavy (non-hydrogen) atoms. The monoisotopic (exact) mass is 427 g/mol. The third-order valence-corrected chi connectivity index (χ3v) is 4.77. The van der Waals surface area contributed by atoms with Crippen molar-refractivity contribution < 1.29 is 18.3 Å². The van der Waals surface area contributed by atoms with Gasteiger partial charge >= 0.3 is 0 Å². The Morgan fingerprint density at radius 3 is 2.71 bits per heavy atom. The molecule has 0 atom stereocenters. The second kappa shape index (κ2) is 10.6. The van der Waals surface area contributed by atoms with E-state index in [0.29, 0.717) is 19.8 Å². The highest BCUT2D eigenvalue weighted by Gasteiger charge is 2.13. The normalized spacial score (nSPS) is 15.2. The number of carbonyl (C=O) groups excluding carboxylic acids is 1. The van der Waals surface area contributed by atoms with E-state index >= 15 is 0 Å². The fraction of sp³-hybridized carbons (Fsp3) is 0.227. The summed E-state index contributed by atoms with van der Waals surface area (Å²) in [7, 11) is 0. The number of hydrogen-bond donors (Lipinski definition) is 3. The topological polar surface area (TPSA) is 104 Å². The van der Waals surface area contributed by atoms with Crippen LogP contribution >= 0.6 is 0 Å². The zero-order chi connectivity index (χ0) is 22.2. The van der Waals surface area contributed by atoms with Gasteiger partial charge in [0.2, 0.25) is 5.91 Å². The lowest BCUT2D eigenvalue weighted by Crippen LogP contribution is -2.35. The van der Waals surface area contributed by atoms with Crippen LogP contribution in [0, 0.1) is 17.0 Å². The Bertz CT molecular complexity index is 1020. The van der Waals surface area contributed by atoms with Gasteiger partial charge < -0.3 is 21.2 Å². The van der Waals surface area contributed by atoms with E-state index < -0.39 is 17.5 Å². The summed E-state index contributed by atoms with van der Waals surface area (Å²) in [5.74, 6) is -1.81. The summed E-state index contributed by atoms with van der Waals surface area (Å²) in [5.41, 5.74) is 6.74. The lowest BCUT2D eigenvalue weighted by atomic mass is 10.0. The Morgan fingerprint density at radius 1 is 1.26 bits per heavy atom. The molecule has 0 aliphatic carbocycles. The molecule has 1 aliphatic heterocycles. The Hall–Kier alpha value is -3.43. The third-order valence-electron chi connectivity index (χ3n) is 4.77. The number of nitrogens with zero attached hydrogens (tertiary/aromatic N) is 2. The molecule has 1 amide bonds. The molecule has 2 heterocycles. The van der Waals surface area contributed by atoms with Gasteiger partial charge in [0, 0.05) is 61.0 Å². The van der Waals surface area contributed by atoms with Crippen molar-refractivity contribution in [1.29, 1.82) is 5.41 Å². The van der Waals surface area contributed by atoms with Crippen molar-refractivity contribution in [3.63, 3.8) is 0 Å². The van der Waals surface area contributed by atoms with Gasteiger partial charge in [-0.25, -0.2) is 8.78 Å². The number of rotatable bonds is 7. The molecule has 0 spiro atoms. The molecule has 1 aromatic heterocycles. The fourth-order valence-corrected chi connectivity index (χ4v) is 3.20. The molecule has 1 saturated heterocycles. The van der Waals surface area contributed by atoms with Crippen molar-refractivity contribution >= 4 is 29.5 Å². The van der Waals surface area contributed by atoms with Crippen LogP contribution in [0.25, 0.3) is 11.6 Å². The minimum atomic E-state index is -0.676. The molecule has 1 aromatic carbocycles. The number of morpholine rings is 1. The largest absolute Gasteiger partial charge is 0.404 e. The molecule has 7 nitrogen and oxygen atoms in total. The Morgan fingerprint density at radius 2 is 2.03 bits per heavy atom. The maximum Gasteiger partial charge on any atom is 0.248 e. The predicted molar refractivity (Wildman–Crippen MR) is 115 cm³/mol. The SMILES string of the molecule is N=C/C(=C\N)c1c(F)cncc1/C=C/C(=O)Nc1ccc(CN2CCOCC2)cc1F. The molecule has 4 N–H and O–H groups in total. The third kappa shape index (κ3) is 5.80. The van der Waals surface area contributed by atoms with Crippen LogP contribution < -0.4 is 11.1 Å². The Balaban J connectivity index is 1.69. The second-order valence-corrected chi connectivity index (χ2v) is 6.88. The maximum absolute atomic E-state index is 14.5. The number of nitrogens with two attached hydrogens (primary N) is 1. The molecule has 162 valence electrons. The molecule has 2 aromatic rings. The highest BCUT2D eigenvalue weighted by Crippen LogP contribution is 2.22. The van der Waals surface area contributed by atoms with Gasteiger partial charge in [-0.05, 0) is 23.8 Å². The quantitative estimate of drug-likeness (QED) is 0.466. The van der Waals surface area contributed by atoms with Gasteiger partial charge in [0.05, 0.1) is 25.1 Å².